The second-order valence-corrected chi connectivity index (χ2v) is 5.71. The second-order valence-electron chi connectivity index (χ2n) is 4.71. The Morgan fingerprint density at radius 3 is 2.52 bits per heavy atom. The number of hydrogen-bond donors (Lipinski definition) is 1. The molecule has 2 heterocycles. The number of anilines is 1. The van der Waals surface area contributed by atoms with Gasteiger partial charge in [0.2, 0.25) is 0 Å². The summed E-state index contributed by atoms with van der Waals surface area (Å²) in [6, 6.07) is 9.70. The highest BCUT2D eigenvalue weighted by atomic mass is 32.2. The molecule has 118 valence electrons. The van der Waals surface area contributed by atoms with Crippen molar-refractivity contribution in [3.05, 3.63) is 54.0 Å². The SMILES string of the molecule is Nc1nc(CSc2ccc(C(F)(F)F)cn2)nc2ccccc12. The molecule has 8 heteroatoms. The van der Waals surface area contributed by atoms with Crippen LogP contribution in [0.5, 0.6) is 0 Å². The number of alkyl halides is 3. The molecule has 0 aliphatic rings. The number of rotatable bonds is 3. The highest BCUT2D eigenvalue weighted by molar-refractivity contribution is 7.98. The van der Waals surface area contributed by atoms with Crippen LogP contribution < -0.4 is 5.73 Å². The molecule has 1 aromatic carbocycles. The van der Waals surface area contributed by atoms with Crippen molar-refractivity contribution in [2.24, 2.45) is 0 Å². The third-order valence-corrected chi connectivity index (χ3v) is 4.03. The molecule has 0 saturated heterocycles. The maximum atomic E-state index is 12.5. The number of fused-ring (bicyclic) bond motifs is 1. The number of nitrogens with zero attached hydrogens (tertiary/aromatic N) is 3. The van der Waals surface area contributed by atoms with Crippen LogP contribution in [-0.2, 0) is 11.9 Å². The Bertz CT molecular complexity index is 834. The van der Waals surface area contributed by atoms with Crippen LogP contribution in [-0.4, -0.2) is 15.0 Å². The van der Waals surface area contributed by atoms with Crippen molar-refractivity contribution >= 4 is 28.5 Å². The van der Waals surface area contributed by atoms with Gasteiger partial charge in [0.15, 0.2) is 0 Å². The molecule has 3 rings (SSSR count). The zero-order chi connectivity index (χ0) is 16.4. The number of halogens is 3. The summed E-state index contributed by atoms with van der Waals surface area (Å²) in [5.41, 5.74) is 5.85. The molecular formula is C15H11F3N4S. The van der Waals surface area contributed by atoms with E-state index < -0.39 is 11.7 Å². The van der Waals surface area contributed by atoms with Crippen LogP contribution in [0.25, 0.3) is 10.9 Å². The smallest absolute Gasteiger partial charge is 0.383 e. The molecule has 4 nitrogen and oxygen atoms in total. The lowest BCUT2D eigenvalue weighted by atomic mass is 10.2. The maximum Gasteiger partial charge on any atom is 0.417 e. The van der Waals surface area contributed by atoms with E-state index >= 15 is 0 Å². The molecule has 2 aromatic heterocycles. The van der Waals surface area contributed by atoms with Crippen LogP contribution >= 0.6 is 11.8 Å². The van der Waals surface area contributed by atoms with Crippen molar-refractivity contribution in [1.82, 2.24) is 15.0 Å². The fourth-order valence-corrected chi connectivity index (χ4v) is 2.69. The van der Waals surface area contributed by atoms with E-state index in [9.17, 15) is 13.2 Å². The van der Waals surface area contributed by atoms with Crippen molar-refractivity contribution in [2.75, 3.05) is 5.73 Å². The summed E-state index contributed by atoms with van der Waals surface area (Å²) >= 11 is 1.25. The van der Waals surface area contributed by atoms with Gasteiger partial charge in [0, 0.05) is 11.6 Å². The van der Waals surface area contributed by atoms with E-state index in [2.05, 4.69) is 15.0 Å². The minimum absolute atomic E-state index is 0.368. The molecule has 0 aliphatic heterocycles. The Morgan fingerprint density at radius 2 is 1.83 bits per heavy atom. The summed E-state index contributed by atoms with van der Waals surface area (Å²) < 4.78 is 37.4. The summed E-state index contributed by atoms with van der Waals surface area (Å²) in [6.45, 7) is 0. The number of nitrogen functional groups attached to an aromatic ring is 1. The zero-order valence-corrected chi connectivity index (χ0v) is 12.5. The standard InChI is InChI=1S/C15H11F3N4S/c16-15(17,18)9-5-6-13(20-7-9)23-8-12-21-11-4-2-1-3-10(11)14(19)22-12/h1-7H,8H2,(H2,19,21,22). The predicted molar refractivity (Wildman–Crippen MR) is 82.8 cm³/mol. The van der Waals surface area contributed by atoms with Crippen molar-refractivity contribution in [1.29, 1.82) is 0 Å². The average molecular weight is 336 g/mol. The summed E-state index contributed by atoms with van der Waals surface area (Å²) in [5.74, 6) is 1.26. The van der Waals surface area contributed by atoms with Crippen LogP contribution in [0.4, 0.5) is 19.0 Å². The minimum Gasteiger partial charge on any atom is -0.383 e. The Balaban J connectivity index is 1.76. The normalized spacial score (nSPS) is 11.8. The van der Waals surface area contributed by atoms with Gasteiger partial charge in [0.05, 0.1) is 21.9 Å². The van der Waals surface area contributed by atoms with Gasteiger partial charge in [-0.1, -0.05) is 23.9 Å². The number of nitrogens with two attached hydrogens (primary N) is 1. The molecule has 0 amide bonds. The molecular weight excluding hydrogens is 325 g/mol. The third-order valence-electron chi connectivity index (χ3n) is 3.09. The first-order valence-corrected chi connectivity index (χ1v) is 7.59. The van der Waals surface area contributed by atoms with Crippen LogP contribution in [0.2, 0.25) is 0 Å². The number of hydrogen-bond acceptors (Lipinski definition) is 5. The van der Waals surface area contributed by atoms with Gasteiger partial charge < -0.3 is 5.73 Å². The first-order valence-electron chi connectivity index (χ1n) is 6.60. The molecule has 23 heavy (non-hydrogen) atoms. The van der Waals surface area contributed by atoms with Gasteiger partial charge in [-0.3, -0.25) is 0 Å². The van der Waals surface area contributed by atoms with E-state index in [1.54, 1.807) is 0 Å². The fourth-order valence-electron chi connectivity index (χ4n) is 1.99. The molecule has 0 spiro atoms. The van der Waals surface area contributed by atoms with E-state index in [1.165, 1.54) is 17.8 Å². The lowest BCUT2D eigenvalue weighted by molar-refractivity contribution is -0.137. The number of pyridine rings is 1. The van der Waals surface area contributed by atoms with Crippen LogP contribution in [0.15, 0.2) is 47.6 Å². The Hall–Kier alpha value is -2.35. The van der Waals surface area contributed by atoms with Crippen molar-refractivity contribution in [2.45, 2.75) is 17.0 Å². The topological polar surface area (TPSA) is 64.7 Å². The van der Waals surface area contributed by atoms with Crippen molar-refractivity contribution in [3.63, 3.8) is 0 Å². The van der Waals surface area contributed by atoms with Crippen LogP contribution in [0.1, 0.15) is 11.4 Å². The lowest BCUT2D eigenvalue weighted by Gasteiger charge is -2.07. The zero-order valence-electron chi connectivity index (χ0n) is 11.7. The Labute approximate surface area is 134 Å². The highest BCUT2D eigenvalue weighted by Gasteiger charge is 2.30. The third kappa shape index (κ3) is 3.53. The maximum absolute atomic E-state index is 12.5. The molecule has 0 unspecified atom stereocenters. The van der Waals surface area contributed by atoms with Crippen LogP contribution in [0, 0.1) is 0 Å². The Morgan fingerprint density at radius 1 is 1.04 bits per heavy atom. The first kappa shape index (κ1) is 15.5. The highest BCUT2D eigenvalue weighted by Crippen LogP contribution is 2.30. The second kappa shape index (κ2) is 6.04. The number of thioether (sulfide) groups is 1. The number of aromatic nitrogens is 3. The van der Waals surface area contributed by atoms with Crippen molar-refractivity contribution in [3.8, 4) is 0 Å². The molecule has 0 aliphatic carbocycles. The summed E-state index contributed by atoms with van der Waals surface area (Å²) in [7, 11) is 0. The summed E-state index contributed by atoms with van der Waals surface area (Å²) in [5, 5.41) is 1.24. The van der Waals surface area contributed by atoms with Gasteiger partial charge in [-0.25, -0.2) is 15.0 Å². The molecule has 0 radical (unpaired) electrons. The largest absolute Gasteiger partial charge is 0.417 e. The number of para-hydroxylation sites is 1. The molecule has 3 aromatic rings. The van der Waals surface area contributed by atoms with E-state index in [0.29, 0.717) is 22.4 Å². The number of benzene rings is 1. The van der Waals surface area contributed by atoms with Gasteiger partial charge >= 0.3 is 6.18 Å². The average Bonchev–Trinajstić information content (AvgIpc) is 2.52. The molecule has 2 N–H and O–H groups in total. The monoisotopic (exact) mass is 336 g/mol. The molecule has 0 saturated carbocycles. The van der Waals surface area contributed by atoms with Crippen molar-refractivity contribution < 1.29 is 13.2 Å². The van der Waals surface area contributed by atoms with Gasteiger partial charge in [0.25, 0.3) is 0 Å². The summed E-state index contributed by atoms with van der Waals surface area (Å²) in [4.78, 5) is 12.4. The van der Waals surface area contributed by atoms with Gasteiger partial charge in [-0.2, -0.15) is 13.2 Å². The molecule has 0 fully saturated rings. The first-order chi connectivity index (χ1) is 10.9. The fraction of sp³-hybridized carbons (Fsp3) is 0.133. The van der Waals surface area contributed by atoms with Gasteiger partial charge in [-0.05, 0) is 24.3 Å². The van der Waals surface area contributed by atoms with Gasteiger partial charge in [-0.15, -0.1) is 0 Å². The van der Waals surface area contributed by atoms with E-state index in [-0.39, 0.29) is 0 Å². The quantitative estimate of drug-likeness (QED) is 0.735. The predicted octanol–water partition coefficient (Wildman–Crippen LogP) is 3.92. The van der Waals surface area contributed by atoms with E-state index in [4.69, 9.17) is 5.73 Å². The van der Waals surface area contributed by atoms with Crippen LogP contribution in [0.3, 0.4) is 0 Å². The molecule has 0 atom stereocenters. The Kier molecular flexibility index (Phi) is 4.08. The van der Waals surface area contributed by atoms with E-state index in [1.807, 2.05) is 24.3 Å². The van der Waals surface area contributed by atoms with Gasteiger partial charge in [0.1, 0.15) is 11.6 Å². The minimum atomic E-state index is -4.38. The van der Waals surface area contributed by atoms with E-state index in [0.717, 1.165) is 23.2 Å². The molecule has 0 bridgehead atoms. The lowest BCUT2D eigenvalue weighted by Crippen LogP contribution is -2.05. The summed E-state index contributed by atoms with van der Waals surface area (Å²) in [6.07, 6.45) is -3.57.